The number of halogens is 3. The van der Waals surface area contributed by atoms with Crippen molar-refractivity contribution < 1.29 is 18.4 Å². The lowest BCUT2D eigenvalue weighted by Gasteiger charge is -2.34. The molecule has 0 aromatic heterocycles. The van der Waals surface area contributed by atoms with Crippen molar-refractivity contribution in [2.75, 3.05) is 35.8 Å². The third-order valence-electron chi connectivity index (χ3n) is 3.72. The SMILES string of the molecule is CNc1ccc(N2CCC(C(F)(F)F)CC2)cc1NO. The molecule has 112 valence electrons. The highest BCUT2D eigenvalue weighted by atomic mass is 19.4. The van der Waals surface area contributed by atoms with Crippen LogP contribution in [0.1, 0.15) is 12.8 Å². The number of hydrogen-bond donors (Lipinski definition) is 3. The van der Waals surface area contributed by atoms with Crippen LogP contribution in [0.2, 0.25) is 0 Å². The summed E-state index contributed by atoms with van der Waals surface area (Å²) in [5.74, 6) is -1.20. The fraction of sp³-hybridized carbons (Fsp3) is 0.538. The molecule has 0 atom stereocenters. The van der Waals surface area contributed by atoms with E-state index in [0.717, 1.165) is 11.4 Å². The average molecular weight is 289 g/mol. The quantitative estimate of drug-likeness (QED) is 0.747. The van der Waals surface area contributed by atoms with Crippen molar-refractivity contribution >= 4 is 17.1 Å². The van der Waals surface area contributed by atoms with Gasteiger partial charge in [-0.15, -0.1) is 0 Å². The number of nitrogens with zero attached hydrogens (tertiary/aromatic N) is 1. The fourth-order valence-electron chi connectivity index (χ4n) is 2.50. The molecule has 3 N–H and O–H groups in total. The number of rotatable bonds is 3. The second-order valence-electron chi connectivity index (χ2n) is 4.89. The first-order valence-corrected chi connectivity index (χ1v) is 6.49. The Morgan fingerprint density at radius 2 is 1.85 bits per heavy atom. The van der Waals surface area contributed by atoms with Crippen molar-refractivity contribution in [3.05, 3.63) is 18.2 Å². The molecule has 1 aliphatic heterocycles. The molecule has 4 nitrogen and oxygen atoms in total. The molecule has 2 rings (SSSR count). The number of alkyl halides is 3. The summed E-state index contributed by atoms with van der Waals surface area (Å²) in [6.45, 7) is 0.738. The number of hydrogen-bond acceptors (Lipinski definition) is 4. The minimum atomic E-state index is -4.10. The van der Waals surface area contributed by atoms with Gasteiger partial charge >= 0.3 is 6.18 Å². The van der Waals surface area contributed by atoms with Gasteiger partial charge in [0.25, 0.3) is 0 Å². The van der Waals surface area contributed by atoms with E-state index in [-0.39, 0.29) is 12.8 Å². The average Bonchev–Trinajstić information content (AvgIpc) is 2.45. The van der Waals surface area contributed by atoms with Gasteiger partial charge in [0.2, 0.25) is 0 Å². The fourth-order valence-corrected chi connectivity index (χ4v) is 2.50. The molecule has 1 heterocycles. The van der Waals surface area contributed by atoms with Crippen molar-refractivity contribution in [2.45, 2.75) is 19.0 Å². The van der Waals surface area contributed by atoms with E-state index in [4.69, 9.17) is 5.21 Å². The topological polar surface area (TPSA) is 47.5 Å². The lowest BCUT2D eigenvalue weighted by Crippen LogP contribution is -2.39. The second kappa shape index (κ2) is 5.78. The lowest BCUT2D eigenvalue weighted by atomic mass is 9.96. The third-order valence-corrected chi connectivity index (χ3v) is 3.72. The number of nitrogens with one attached hydrogen (secondary N) is 2. The van der Waals surface area contributed by atoms with Gasteiger partial charge in [-0.1, -0.05) is 0 Å². The van der Waals surface area contributed by atoms with Crippen LogP contribution in [0, 0.1) is 5.92 Å². The molecule has 0 saturated carbocycles. The number of anilines is 3. The molecular formula is C13H18F3N3O. The van der Waals surface area contributed by atoms with E-state index in [1.165, 1.54) is 0 Å². The largest absolute Gasteiger partial charge is 0.391 e. The van der Waals surface area contributed by atoms with Crippen molar-refractivity contribution in [2.24, 2.45) is 5.92 Å². The second-order valence-corrected chi connectivity index (χ2v) is 4.89. The van der Waals surface area contributed by atoms with Crippen LogP contribution in [0.15, 0.2) is 18.2 Å². The molecule has 20 heavy (non-hydrogen) atoms. The molecule has 1 aliphatic rings. The standard InChI is InChI=1S/C13H18F3N3O/c1-17-11-3-2-10(8-12(11)18-20)19-6-4-9(5-7-19)13(14,15)16/h2-3,8-9,17-18,20H,4-7H2,1H3. The summed E-state index contributed by atoms with van der Waals surface area (Å²) in [5, 5.41) is 12.0. The summed E-state index contributed by atoms with van der Waals surface area (Å²) in [6, 6.07) is 5.34. The Morgan fingerprint density at radius 3 is 2.35 bits per heavy atom. The van der Waals surface area contributed by atoms with E-state index in [0.29, 0.717) is 18.8 Å². The predicted octanol–water partition coefficient (Wildman–Crippen LogP) is 3.31. The summed E-state index contributed by atoms with van der Waals surface area (Å²) in [6.07, 6.45) is -3.88. The van der Waals surface area contributed by atoms with Gasteiger partial charge in [0, 0.05) is 25.8 Å². The molecule has 0 bridgehead atoms. The van der Waals surface area contributed by atoms with Gasteiger partial charge in [-0.05, 0) is 31.0 Å². The van der Waals surface area contributed by atoms with Crippen molar-refractivity contribution in [3.63, 3.8) is 0 Å². The van der Waals surface area contributed by atoms with Crippen LogP contribution >= 0.6 is 0 Å². The van der Waals surface area contributed by atoms with Crippen LogP contribution in [-0.4, -0.2) is 31.5 Å². The number of benzene rings is 1. The van der Waals surface area contributed by atoms with Crippen molar-refractivity contribution in [3.8, 4) is 0 Å². The Kier molecular flexibility index (Phi) is 4.27. The summed E-state index contributed by atoms with van der Waals surface area (Å²) in [7, 11) is 1.73. The normalized spacial score (nSPS) is 17.1. The van der Waals surface area contributed by atoms with E-state index in [1.807, 2.05) is 11.0 Å². The van der Waals surface area contributed by atoms with Crippen LogP contribution < -0.4 is 15.7 Å². The first kappa shape index (κ1) is 14.8. The van der Waals surface area contributed by atoms with Gasteiger partial charge in [-0.2, -0.15) is 13.2 Å². The summed E-state index contributed by atoms with van der Waals surface area (Å²) >= 11 is 0. The molecule has 0 aliphatic carbocycles. The van der Waals surface area contributed by atoms with E-state index < -0.39 is 12.1 Å². The monoisotopic (exact) mass is 289 g/mol. The smallest absolute Gasteiger partial charge is 0.386 e. The Labute approximate surface area is 115 Å². The van der Waals surface area contributed by atoms with E-state index in [9.17, 15) is 13.2 Å². The van der Waals surface area contributed by atoms with Crippen LogP contribution in [0.3, 0.4) is 0 Å². The van der Waals surface area contributed by atoms with Crippen molar-refractivity contribution in [1.82, 2.24) is 0 Å². The maximum Gasteiger partial charge on any atom is 0.391 e. The van der Waals surface area contributed by atoms with Gasteiger partial charge in [0.1, 0.15) is 0 Å². The molecule has 1 aromatic carbocycles. The van der Waals surface area contributed by atoms with Gasteiger partial charge in [-0.25, -0.2) is 0 Å². The molecule has 1 aromatic rings. The molecule has 0 amide bonds. The first-order chi connectivity index (χ1) is 9.45. The van der Waals surface area contributed by atoms with E-state index in [1.54, 1.807) is 19.2 Å². The minimum absolute atomic E-state index is 0.110. The Morgan fingerprint density at radius 1 is 1.20 bits per heavy atom. The van der Waals surface area contributed by atoms with Gasteiger partial charge in [-0.3, -0.25) is 10.7 Å². The summed E-state index contributed by atoms with van der Waals surface area (Å²) in [5.41, 5.74) is 4.12. The molecule has 1 fully saturated rings. The molecule has 0 spiro atoms. The number of piperidine rings is 1. The third kappa shape index (κ3) is 3.09. The zero-order valence-electron chi connectivity index (χ0n) is 11.2. The first-order valence-electron chi connectivity index (χ1n) is 6.49. The maximum atomic E-state index is 12.6. The van der Waals surface area contributed by atoms with Gasteiger partial charge in [0.05, 0.1) is 17.3 Å². The molecule has 0 radical (unpaired) electrons. The van der Waals surface area contributed by atoms with Gasteiger partial charge < -0.3 is 10.2 Å². The summed E-state index contributed by atoms with van der Waals surface area (Å²) < 4.78 is 37.9. The zero-order chi connectivity index (χ0) is 14.8. The highest BCUT2D eigenvalue weighted by Crippen LogP contribution is 2.36. The van der Waals surface area contributed by atoms with Gasteiger partial charge in [0.15, 0.2) is 0 Å². The highest BCUT2D eigenvalue weighted by molar-refractivity contribution is 5.73. The Hall–Kier alpha value is -1.63. The zero-order valence-corrected chi connectivity index (χ0v) is 11.2. The molecule has 7 heteroatoms. The minimum Gasteiger partial charge on any atom is -0.386 e. The van der Waals surface area contributed by atoms with E-state index >= 15 is 0 Å². The van der Waals surface area contributed by atoms with Crippen LogP contribution in [0.25, 0.3) is 0 Å². The Bertz CT molecular complexity index is 457. The van der Waals surface area contributed by atoms with Crippen LogP contribution in [-0.2, 0) is 0 Å². The lowest BCUT2D eigenvalue weighted by molar-refractivity contribution is -0.179. The van der Waals surface area contributed by atoms with Crippen molar-refractivity contribution in [1.29, 1.82) is 0 Å². The maximum absolute atomic E-state index is 12.6. The van der Waals surface area contributed by atoms with Crippen LogP contribution in [0.4, 0.5) is 30.2 Å². The molecule has 0 unspecified atom stereocenters. The van der Waals surface area contributed by atoms with E-state index in [2.05, 4.69) is 10.8 Å². The Balaban J connectivity index is 2.07. The highest BCUT2D eigenvalue weighted by Gasteiger charge is 2.41. The van der Waals surface area contributed by atoms with Crippen LogP contribution in [0.5, 0.6) is 0 Å². The predicted molar refractivity (Wildman–Crippen MR) is 72.4 cm³/mol. The molecule has 1 saturated heterocycles. The molecular weight excluding hydrogens is 271 g/mol. The summed E-state index contributed by atoms with van der Waals surface area (Å²) in [4.78, 5) is 1.91.